The number of pyridine rings is 1. The minimum absolute atomic E-state index is 0.563. The van der Waals surface area contributed by atoms with Crippen molar-refractivity contribution in [2.24, 2.45) is 0 Å². The standard InChI is InChI=1S/C14H14N4/c1-8-3-5-10(6-4-8)11-7-9(2)16-14-12(11)13(15)17-18-14/h3-7H,1-2H3,(H3,15,16,17,18). The Kier molecular flexibility index (Phi) is 2.30. The van der Waals surface area contributed by atoms with E-state index in [1.807, 2.05) is 13.0 Å². The third-order valence-electron chi connectivity index (χ3n) is 3.04. The Morgan fingerprint density at radius 2 is 1.83 bits per heavy atom. The molecule has 0 saturated heterocycles. The smallest absolute Gasteiger partial charge is 0.183 e. The van der Waals surface area contributed by atoms with Crippen LogP contribution < -0.4 is 5.73 Å². The summed E-state index contributed by atoms with van der Waals surface area (Å²) in [6.07, 6.45) is 0. The van der Waals surface area contributed by atoms with Gasteiger partial charge in [-0.2, -0.15) is 5.10 Å². The molecule has 2 heterocycles. The van der Waals surface area contributed by atoms with Crippen molar-refractivity contribution in [1.29, 1.82) is 0 Å². The number of hydrogen-bond acceptors (Lipinski definition) is 3. The zero-order valence-electron chi connectivity index (χ0n) is 10.4. The third-order valence-corrected chi connectivity index (χ3v) is 3.04. The highest BCUT2D eigenvalue weighted by Crippen LogP contribution is 2.31. The summed E-state index contributed by atoms with van der Waals surface area (Å²) in [7, 11) is 0. The van der Waals surface area contributed by atoms with Crippen molar-refractivity contribution in [3.05, 3.63) is 41.6 Å². The maximum atomic E-state index is 5.94. The van der Waals surface area contributed by atoms with Gasteiger partial charge in [-0.15, -0.1) is 0 Å². The highest BCUT2D eigenvalue weighted by atomic mass is 15.2. The Morgan fingerprint density at radius 3 is 2.56 bits per heavy atom. The lowest BCUT2D eigenvalue weighted by Gasteiger charge is -2.05. The van der Waals surface area contributed by atoms with E-state index < -0.39 is 0 Å². The van der Waals surface area contributed by atoms with Crippen molar-refractivity contribution in [1.82, 2.24) is 15.2 Å². The second kappa shape index (κ2) is 3.84. The molecule has 4 heteroatoms. The number of aryl methyl sites for hydroxylation is 2. The Balaban J connectivity index is 2.33. The summed E-state index contributed by atoms with van der Waals surface area (Å²) in [5, 5.41) is 7.81. The molecule has 0 aliphatic heterocycles. The molecule has 18 heavy (non-hydrogen) atoms. The third kappa shape index (κ3) is 1.62. The van der Waals surface area contributed by atoms with E-state index in [2.05, 4.69) is 46.4 Å². The van der Waals surface area contributed by atoms with Crippen molar-refractivity contribution < 1.29 is 0 Å². The molecular weight excluding hydrogens is 224 g/mol. The number of anilines is 1. The molecule has 90 valence electrons. The number of H-pyrrole nitrogens is 1. The number of nitrogens with zero attached hydrogens (tertiary/aromatic N) is 2. The van der Waals surface area contributed by atoms with Crippen LogP contribution in [0.15, 0.2) is 30.3 Å². The first kappa shape index (κ1) is 10.8. The van der Waals surface area contributed by atoms with Gasteiger partial charge in [-0.3, -0.25) is 5.10 Å². The van der Waals surface area contributed by atoms with Crippen LogP contribution in [-0.2, 0) is 0 Å². The van der Waals surface area contributed by atoms with E-state index in [1.54, 1.807) is 0 Å². The number of nitrogen functional groups attached to an aromatic ring is 1. The van der Waals surface area contributed by atoms with Gasteiger partial charge in [-0.25, -0.2) is 4.98 Å². The average Bonchev–Trinajstić information content (AvgIpc) is 2.71. The zero-order valence-corrected chi connectivity index (χ0v) is 10.4. The molecule has 0 atom stereocenters. The van der Waals surface area contributed by atoms with Crippen LogP contribution in [0.1, 0.15) is 11.3 Å². The lowest BCUT2D eigenvalue weighted by atomic mass is 10.0. The molecule has 0 fully saturated rings. The van der Waals surface area contributed by atoms with Crippen molar-refractivity contribution in [3.8, 4) is 11.1 Å². The molecule has 3 N–H and O–H groups in total. The Morgan fingerprint density at radius 1 is 1.11 bits per heavy atom. The molecule has 0 amide bonds. The first-order valence-corrected chi connectivity index (χ1v) is 5.83. The van der Waals surface area contributed by atoms with Gasteiger partial charge in [0.1, 0.15) is 5.82 Å². The number of benzene rings is 1. The first-order chi connectivity index (χ1) is 8.65. The molecule has 3 rings (SSSR count). The van der Waals surface area contributed by atoms with Gasteiger partial charge in [0, 0.05) is 5.69 Å². The van der Waals surface area contributed by atoms with Crippen LogP contribution in [0.3, 0.4) is 0 Å². The number of rotatable bonds is 1. The topological polar surface area (TPSA) is 67.6 Å². The molecule has 4 nitrogen and oxygen atoms in total. The fraction of sp³-hybridized carbons (Fsp3) is 0.143. The molecule has 1 aromatic carbocycles. The van der Waals surface area contributed by atoms with Gasteiger partial charge >= 0.3 is 0 Å². The lowest BCUT2D eigenvalue weighted by Crippen LogP contribution is -1.90. The van der Waals surface area contributed by atoms with Gasteiger partial charge < -0.3 is 5.73 Å². The SMILES string of the molecule is Cc1ccc(-c2cc(C)nc3n[nH]c(N)c23)cc1. The van der Waals surface area contributed by atoms with Gasteiger partial charge in [0.2, 0.25) is 0 Å². The second-order valence-corrected chi connectivity index (χ2v) is 4.51. The van der Waals surface area contributed by atoms with Crippen LogP contribution in [0.25, 0.3) is 22.2 Å². The van der Waals surface area contributed by atoms with Crippen LogP contribution in [0.5, 0.6) is 0 Å². The van der Waals surface area contributed by atoms with E-state index in [4.69, 9.17) is 5.73 Å². The molecule has 3 aromatic rings. The van der Waals surface area contributed by atoms with Gasteiger partial charge in [-0.05, 0) is 31.0 Å². The van der Waals surface area contributed by atoms with Crippen LogP contribution in [0, 0.1) is 13.8 Å². The van der Waals surface area contributed by atoms with Crippen molar-refractivity contribution in [3.63, 3.8) is 0 Å². The Hall–Kier alpha value is -2.36. The number of fused-ring (bicyclic) bond motifs is 1. The summed E-state index contributed by atoms with van der Waals surface area (Å²) in [6.45, 7) is 4.03. The lowest BCUT2D eigenvalue weighted by molar-refractivity contribution is 1.09. The van der Waals surface area contributed by atoms with E-state index in [1.165, 1.54) is 5.56 Å². The monoisotopic (exact) mass is 238 g/mol. The summed E-state index contributed by atoms with van der Waals surface area (Å²) >= 11 is 0. The van der Waals surface area contributed by atoms with Crippen molar-refractivity contribution >= 4 is 16.9 Å². The number of aromatic amines is 1. The molecule has 0 aliphatic rings. The van der Waals surface area contributed by atoms with Gasteiger partial charge in [0.05, 0.1) is 5.39 Å². The van der Waals surface area contributed by atoms with E-state index in [9.17, 15) is 0 Å². The van der Waals surface area contributed by atoms with Gasteiger partial charge in [0.25, 0.3) is 0 Å². The zero-order chi connectivity index (χ0) is 12.7. The fourth-order valence-corrected chi connectivity index (χ4v) is 2.13. The summed E-state index contributed by atoms with van der Waals surface area (Å²) < 4.78 is 0. The van der Waals surface area contributed by atoms with Crippen LogP contribution in [0.2, 0.25) is 0 Å². The molecule has 0 spiro atoms. The summed E-state index contributed by atoms with van der Waals surface area (Å²) in [5.41, 5.74) is 11.0. The molecule has 0 bridgehead atoms. The normalized spacial score (nSPS) is 11.0. The van der Waals surface area contributed by atoms with Crippen molar-refractivity contribution in [2.75, 3.05) is 5.73 Å². The average molecular weight is 238 g/mol. The summed E-state index contributed by atoms with van der Waals surface area (Å²) in [5.74, 6) is 0.563. The predicted octanol–water partition coefficient (Wildman–Crippen LogP) is 2.82. The van der Waals surface area contributed by atoms with Crippen molar-refractivity contribution in [2.45, 2.75) is 13.8 Å². The maximum absolute atomic E-state index is 5.94. The molecule has 0 radical (unpaired) electrons. The number of aromatic nitrogens is 3. The number of nitrogens with two attached hydrogens (primary N) is 1. The minimum Gasteiger partial charge on any atom is -0.383 e. The number of hydrogen-bond donors (Lipinski definition) is 2. The largest absolute Gasteiger partial charge is 0.383 e. The van der Waals surface area contributed by atoms with Gasteiger partial charge in [0.15, 0.2) is 5.65 Å². The molecule has 0 unspecified atom stereocenters. The quantitative estimate of drug-likeness (QED) is 0.685. The molecular formula is C14H14N4. The Bertz CT molecular complexity index is 710. The highest BCUT2D eigenvalue weighted by Gasteiger charge is 2.11. The molecule has 0 aliphatic carbocycles. The van der Waals surface area contributed by atoms with E-state index in [-0.39, 0.29) is 0 Å². The summed E-state index contributed by atoms with van der Waals surface area (Å²) in [4.78, 5) is 4.38. The van der Waals surface area contributed by atoms with Crippen LogP contribution in [-0.4, -0.2) is 15.2 Å². The molecule has 0 saturated carbocycles. The Labute approximate surface area is 105 Å². The molecule has 2 aromatic heterocycles. The summed E-state index contributed by atoms with van der Waals surface area (Å²) in [6, 6.07) is 10.4. The van der Waals surface area contributed by atoms with Crippen LogP contribution >= 0.6 is 0 Å². The second-order valence-electron chi connectivity index (χ2n) is 4.51. The van der Waals surface area contributed by atoms with E-state index in [0.29, 0.717) is 11.5 Å². The maximum Gasteiger partial charge on any atom is 0.183 e. The number of nitrogens with one attached hydrogen (secondary N) is 1. The van der Waals surface area contributed by atoms with E-state index in [0.717, 1.165) is 22.2 Å². The van der Waals surface area contributed by atoms with E-state index >= 15 is 0 Å². The van der Waals surface area contributed by atoms with Crippen LogP contribution in [0.4, 0.5) is 5.82 Å². The predicted molar refractivity (Wildman–Crippen MR) is 73.2 cm³/mol. The fourth-order valence-electron chi connectivity index (χ4n) is 2.13. The van der Waals surface area contributed by atoms with Gasteiger partial charge in [-0.1, -0.05) is 29.8 Å². The highest BCUT2D eigenvalue weighted by molar-refractivity contribution is 5.99. The first-order valence-electron chi connectivity index (χ1n) is 5.83. The minimum atomic E-state index is 0.563.